The van der Waals surface area contributed by atoms with Crippen molar-refractivity contribution in [3.63, 3.8) is 0 Å². The van der Waals surface area contributed by atoms with Crippen LogP contribution in [0.5, 0.6) is 0 Å². The molecule has 1 saturated heterocycles. The summed E-state index contributed by atoms with van der Waals surface area (Å²) in [5.41, 5.74) is 6.92. The fraction of sp³-hybridized carbons (Fsp3) is 0.350. The van der Waals surface area contributed by atoms with Crippen LogP contribution >= 0.6 is 11.3 Å². The van der Waals surface area contributed by atoms with Gasteiger partial charge in [-0.25, -0.2) is 4.98 Å². The molecule has 3 aromatic rings. The fourth-order valence-corrected chi connectivity index (χ4v) is 4.19. The highest BCUT2D eigenvalue weighted by molar-refractivity contribution is 7.16. The third-order valence-electron chi connectivity index (χ3n) is 4.93. The number of para-hydroxylation sites is 1. The monoisotopic (exact) mass is 321 g/mol. The Labute approximate surface area is 141 Å². The predicted molar refractivity (Wildman–Crippen MR) is 98.2 cm³/mol. The second-order valence-electron chi connectivity index (χ2n) is 6.38. The molecule has 2 heterocycles. The van der Waals surface area contributed by atoms with Crippen LogP contribution in [0.4, 0.5) is 5.69 Å². The van der Waals surface area contributed by atoms with Crippen LogP contribution in [-0.4, -0.2) is 18.1 Å². The number of anilines is 1. The molecule has 2 nitrogen and oxygen atoms in total. The summed E-state index contributed by atoms with van der Waals surface area (Å²) in [6, 6.07) is 17.4. The Morgan fingerprint density at radius 3 is 2.70 bits per heavy atom. The zero-order valence-corrected chi connectivity index (χ0v) is 14.1. The SMILES string of the molecule is [c]1nc2c(N3CCC(CCc4ccccc4)CC3)cccc2s1. The van der Waals surface area contributed by atoms with Gasteiger partial charge in [-0.15, -0.1) is 11.3 Å². The molecule has 1 aliphatic heterocycles. The van der Waals surface area contributed by atoms with Crippen LogP contribution in [0.15, 0.2) is 48.5 Å². The number of hydrogen-bond acceptors (Lipinski definition) is 3. The van der Waals surface area contributed by atoms with Gasteiger partial charge in [0.25, 0.3) is 0 Å². The van der Waals surface area contributed by atoms with Crippen molar-refractivity contribution >= 4 is 27.2 Å². The highest BCUT2D eigenvalue weighted by Gasteiger charge is 2.21. The molecule has 0 unspecified atom stereocenters. The second kappa shape index (κ2) is 6.71. The van der Waals surface area contributed by atoms with Gasteiger partial charge in [-0.05, 0) is 49.3 Å². The number of benzene rings is 2. The van der Waals surface area contributed by atoms with E-state index >= 15 is 0 Å². The number of aryl methyl sites for hydroxylation is 1. The zero-order chi connectivity index (χ0) is 15.5. The molecular formula is C20H21N2S. The molecule has 1 fully saturated rings. The molecular weight excluding hydrogens is 300 g/mol. The molecule has 0 saturated carbocycles. The zero-order valence-electron chi connectivity index (χ0n) is 13.2. The van der Waals surface area contributed by atoms with Crippen LogP contribution in [-0.2, 0) is 6.42 Å². The maximum atomic E-state index is 4.44. The molecule has 1 aliphatic rings. The minimum atomic E-state index is 0.854. The van der Waals surface area contributed by atoms with Crippen LogP contribution in [0.3, 0.4) is 0 Å². The van der Waals surface area contributed by atoms with Crippen molar-refractivity contribution in [3.05, 3.63) is 59.6 Å². The second-order valence-corrected chi connectivity index (χ2v) is 7.21. The lowest BCUT2D eigenvalue weighted by molar-refractivity contribution is 0.382. The normalized spacial score (nSPS) is 16.1. The fourth-order valence-electron chi connectivity index (χ4n) is 3.56. The molecule has 0 spiro atoms. The molecule has 0 N–H and O–H groups in total. The van der Waals surface area contributed by atoms with Gasteiger partial charge in [-0.3, -0.25) is 0 Å². The third-order valence-corrected chi connectivity index (χ3v) is 5.66. The average molecular weight is 321 g/mol. The maximum absolute atomic E-state index is 4.44. The quantitative estimate of drug-likeness (QED) is 0.676. The van der Waals surface area contributed by atoms with E-state index in [1.807, 2.05) is 0 Å². The lowest BCUT2D eigenvalue weighted by Crippen LogP contribution is -2.33. The smallest absolute Gasteiger partial charge is 0.153 e. The number of aromatic nitrogens is 1. The number of hydrogen-bond donors (Lipinski definition) is 0. The Kier molecular flexibility index (Phi) is 4.29. The Morgan fingerprint density at radius 2 is 1.87 bits per heavy atom. The summed E-state index contributed by atoms with van der Waals surface area (Å²) in [4.78, 5) is 6.95. The van der Waals surface area contributed by atoms with Crippen molar-refractivity contribution < 1.29 is 0 Å². The average Bonchev–Trinajstić information content (AvgIpc) is 3.10. The Morgan fingerprint density at radius 1 is 1.04 bits per heavy atom. The molecule has 2 aromatic carbocycles. The van der Waals surface area contributed by atoms with Crippen LogP contribution < -0.4 is 4.90 Å². The van der Waals surface area contributed by atoms with Gasteiger partial charge < -0.3 is 4.90 Å². The largest absolute Gasteiger partial charge is 0.370 e. The van der Waals surface area contributed by atoms with Crippen molar-refractivity contribution in [2.45, 2.75) is 25.7 Å². The molecule has 117 valence electrons. The van der Waals surface area contributed by atoms with E-state index in [-0.39, 0.29) is 0 Å². The molecule has 1 aromatic heterocycles. The lowest BCUT2D eigenvalue weighted by Gasteiger charge is -2.33. The summed E-state index contributed by atoms with van der Waals surface area (Å²) < 4.78 is 1.24. The Balaban J connectivity index is 1.37. The standard InChI is InChI=1S/C20H21N2S/c1-2-5-16(6-3-1)9-10-17-11-13-22(14-12-17)18-7-4-8-19-20(18)21-15-23-19/h1-8,17H,9-14H2. The summed E-state index contributed by atoms with van der Waals surface area (Å²) in [6.07, 6.45) is 5.10. The third kappa shape index (κ3) is 3.25. The first-order chi connectivity index (χ1) is 11.4. The Hall–Kier alpha value is -1.87. The van der Waals surface area contributed by atoms with Crippen molar-refractivity contribution in [3.8, 4) is 0 Å². The van der Waals surface area contributed by atoms with Crippen molar-refractivity contribution in [2.24, 2.45) is 5.92 Å². The van der Waals surface area contributed by atoms with Crippen LogP contribution in [0.25, 0.3) is 10.2 Å². The van der Waals surface area contributed by atoms with Crippen molar-refractivity contribution in [2.75, 3.05) is 18.0 Å². The van der Waals surface area contributed by atoms with Gasteiger partial charge in [0, 0.05) is 13.1 Å². The molecule has 0 amide bonds. The molecule has 0 atom stereocenters. The van der Waals surface area contributed by atoms with E-state index in [0.29, 0.717) is 0 Å². The molecule has 0 bridgehead atoms. The highest BCUT2D eigenvalue weighted by Crippen LogP contribution is 2.31. The summed E-state index contributed by atoms with van der Waals surface area (Å²) in [5, 5.41) is 0. The van der Waals surface area contributed by atoms with Crippen molar-refractivity contribution in [1.29, 1.82) is 0 Å². The van der Waals surface area contributed by atoms with E-state index in [1.54, 1.807) is 11.3 Å². The van der Waals surface area contributed by atoms with E-state index in [2.05, 4.69) is 63.9 Å². The maximum Gasteiger partial charge on any atom is 0.153 e. The van der Waals surface area contributed by atoms with Gasteiger partial charge in [0.05, 0.1) is 10.4 Å². The minimum Gasteiger partial charge on any atom is -0.370 e. The first-order valence-electron chi connectivity index (χ1n) is 8.44. The summed E-state index contributed by atoms with van der Waals surface area (Å²) in [7, 11) is 0. The van der Waals surface area contributed by atoms with Gasteiger partial charge in [0.2, 0.25) is 0 Å². The molecule has 23 heavy (non-hydrogen) atoms. The molecule has 4 rings (SSSR count). The topological polar surface area (TPSA) is 16.1 Å². The summed E-state index contributed by atoms with van der Waals surface area (Å²) >= 11 is 1.61. The van der Waals surface area contributed by atoms with Gasteiger partial charge in [0.15, 0.2) is 5.51 Å². The van der Waals surface area contributed by atoms with E-state index in [9.17, 15) is 0 Å². The van der Waals surface area contributed by atoms with E-state index in [1.165, 1.54) is 41.6 Å². The number of rotatable bonds is 4. The first-order valence-corrected chi connectivity index (χ1v) is 9.26. The number of fused-ring (bicyclic) bond motifs is 1. The van der Waals surface area contributed by atoms with Gasteiger partial charge in [-0.1, -0.05) is 36.4 Å². The van der Waals surface area contributed by atoms with E-state index in [0.717, 1.165) is 24.5 Å². The predicted octanol–water partition coefficient (Wildman–Crippen LogP) is 4.95. The first kappa shape index (κ1) is 14.7. The number of thiazole rings is 1. The highest BCUT2D eigenvalue weighted by atomic mass is 32.1. The summed E-state index contributed by atoms with van der Waals surface area (Å²) in [6.45, 7) is 2.30. The van der Waals surface area contributed by atoms with Gasteiger partial charge in [-0.2, -0.15) is 0 Å². The van der Waals surface area contributed by atoms with Crippen LogP contribution in [0, 0.1) is 11.4 Å². The molecule has 0 aliphatic carbocycles. The van der Waals surface area contributed by atoms with E-state index < -0.39 is 0 Å². The van der Waals surface area contributed by atoms with Crippen molar-refractivity contribution in [1.82, 2.24) is 4.98 Å². The van der Waals surface area contributed by atoms with E-state index in [4.69, 9.17) is 0 Å². The van der Waals surface area contributed by atoms with Gasteiger partial charge in [0.1, 0.15) is 5.52 Å². The van der Waals surface area contributed by atoms with Crippen LogP contribution in [0.1, 0.15) is 24.8 Å². The van der Waals surface area contributed by atoms with Gasteiger partial charge >= 0.3 is 0 Å². The van der Waals surface area contributed by atoms with Crippen LogP contribution in [0.2, 0.25) is 0 Å². The number of piperidine rings is 1. The number of nitrogens with zero attached hydrogens (tertiary/aromatic N) is 2. The molecule has 3 heteroatoms. The minimum absolute atomic E-state index is 0.854. The lowest BCUT2D eigenvalue weighted by atomic mass is 9.90. The summed E-state index contributed by atoms with van der Waals surface area (Å²) in [5.74, 6) is 0.854. The Bertz CT molecular complexity index is 757. The molecule has 1 radical (unpaired) electrons.